The van der Waals surface area contributed by atoms with E-state index in [9.17, 15) is 19.5 Å². The van der Waals surface area contributed by atoms with Crippen LogP contribution in [0.4, 0.5) is 0 Å². The number of nitrogens with zero attached hydrogens (tertiary/aromatic N) is 1. The van der Waals surface area contributed by atoms with Gasteiger partial charge in [-0.2, -0.15) is 0 Å². The second-order valence-electron chi connectivity index (χ2n) is 7.94. The minimum Gasteiger partial charge on any atom is -0.544 e. The van der Waals surface area contributed by atoms with Crippen molar-refractivity contribution in [2.75, 3.05) is 13.1 Å². The molecular weight excluding hydrogens is 318 g/mol. The van der Waals surface area contributed by atoms with Crippen molar-refractivity contribution in [3.05, 3.63) is 35.9 Å². The molecule has 3 atom stereocenters. The van der Waals surface area contributed by atoms with E-state index >= 15 is 0 Å². The summed E-state index contributed by atoms with van der Waals surface area (Å²) in [7, 11) is 0. The monoisotopic (exact) mass is 345 g/mol. The van der Waals surface area contributed by atoms with Gasteiger partial charge >= 0.3 is 5.91 Å². The third-order valence-corrected chi connectivity index (χ3v) is 5.12. The highest BCUT2D eigenvalue weighted by Gasteiger charge is 2.57. The van der Waals surface area contributed by atoms with Crippen molar-refractivity contribution in [1.82, 2.24) is 0 Å². The van der Waals surface area contributed by atoms with E-state index in [2.05, 4.69) is 0 Å². The first-order valence-electron chi connectivity index (χ1n) is 8.87. The van der Waals surface area contributed by atoms with Crippen LogP contribution < -0.4 is 5.11 Å². The number of Topliss-reactive ketones (excluding diaryl/α,β-unsaturated/α-hetero) is 1. The molecule has 1 fully saturated rings. The Morgan fingerprint density at radius 3 is 2.24 bits per heavy atom. The maximum Gasteiger partial charge on any atom is 0.382 e. The lowest BCUT2D eigenvalue weighted by atomic mass is 9.87. The van der Waals surface area contributed by atoms with Gasteiger partial charge in [-0.05, 0) is 12.0 Å². The fourth-order valence-corrected chi connectivity index (χ4v) is 3.93. The van der Waals surface area contributed by atoms with Gasteiger partial charge in [-0.25, -0.2) is 9.28 Å². The summed E-state index contributed by atoms with van der Waals surface area (Å²) < 4.78 is -0.325. The van der Waals surface area contributed by atoms with Crippen LogP contribution in [0.1, 0.15) is 52.0 Å². The van der Waals surface area contributed by atoms with Crippen molar-refractivity contribution in [2.45, 2.75) is 52.5 Å². The summed E-state index contributed by atoms with van der Waals surface area (Å²) in [5, 5.41) is 12.1. The van der Waals surface area contributed by atoms with Gasteiger partial charge in [0.15, 0.2) is 0 Å². The molecule has 25 heavy (non-hydrogen) atoms. The number of quaternary nitrogens is 1. The Bertz CT molecular complexity index is 662. The number of ketones is 1. The van der Waals surface area contributed by atoms with Gasteiger partial charge in [-0.3, -0.25) is 4.79 Å². The van der Waals surface area contributed by atoms with Crippen LogP contribution in [-0.2, 0) is 14.4 Å². The van der Waals surface area contributed by atoms with E-state index in [1.54, 1.807) is 20.8 Å². The van der Waals surface area contributed by atoms with Crippen LogP contribution in [0.25, 0.3) is 0 Å². The number of likely N-dealkylation sites (tertiary alicyclic amines) is 1. The third kappa shape index (κ3) is 3.52. The molecule has 1 aliphatic rings. The van der Waals surface area contributed by atoms with Crippen molar-refractivity contribution < 1.29 is 24.0 Å². The highest BCUT2D eigenvalue weighted by molar-refractivity contribution is 6.35. The molecule has 2 unspecified atom stereocenters. The Balaban J connectivity index is 2.51. The zero-order valence-corrected chi connectivity index (χ0v) is 15.5. The molecular formula is C20H27NO4. The number of carboxylic acids is 1. The topological polar surface area (TPSA) is 74.3 Å². The number of rotatable bonds is 5. The van der Waals surface area contributed by atoms with Gasteiger partial charge in [0.05, 0.1) is 13.1 Å². The fourth-order valence-electron chi connectivity index (χ4n) is 3.93. The Morgan fingerprint density at radius 1 is 1.16 bits per heavy atom. The van der Waals surface area contributed by atoms with Crippen LogP contribution in [-0.4, -0.2) is 41.3 Å². The number of hydrogen-bond donors (Lipinski definition) is 0. The van der Waals surface area contributed by atoms with E-state index in [1.807, 2.05) is 37.3 Å². The SMILES string of the molecule is CCC[N+]1(C(=O)C(=O)C(C)(C)C)CCC(c2ccccc2)[C@H]1C(=O)[O-]. The molecule has 136 valence electrons. The van der Waals surface area contributed by atoms with E-state index in [-0.39, 0.29) is 10.4 Å². The zero-order chi connectivity index (χ0) is 18.8. The average Bonchev–Trinajstić information content (AvgIpc) is 2.94. The van der Waals surface area contributed by atoms with Gasteiger partial charge in [-0.15, -0.1) is 0 Å². The first-order chi connectivity index (χ1) is 11.6. The molecule has 0 aromatic heterocycles. The molecule has 5 nitrogen and oxygen atoms in total. The minimum absolute atomic E-state index is 0.325. The largest absolute Gasteiger partial charge is 0.544 e. The summed E-state index contributed by atoms with van der Waals surface area (Å²) in [6.45, 7) is 7.66. The smallest absolute Gasteiger partial charge is 0.382 e. The Hall–Kier alpha value is -2.01. The van der Waals surface area contributed by atoms with Crippen LogP contribution >= 0.6 is 0 Å². The van der Waals surface area contributed by atoms with Crippen LogP contribution in [0.2, 0.25) is 0 Å². The second kappa shape index (κ2) is 7.08. The van der Waals surface area contributed by atoms with Gasteiger partial charge < -0.3 is 9.90 Å². The van der Waals surface area contributed by atoms with Crippen LogP contribution in [0.5, 0.6) is 0 Å². The Morgan fingerprint density at radius 2 is 1.76 bits per heavy atom. The average molecular weight is 345 g/mol. The fraction of sp³-hybridized carbons (Fsp3) is 0.550. The number of carboxylic acid groups (broad SMARTS) is 1. The molecule has 0 bridgehead atoms. The van der Waals surface area contributed by atoms with E-state index in [0.717, 1.165) is 5.56 Å². The molecule has 1 aromatic rings. The summed E-state index contributed by atoms with van der Waals surface area (Å²) in [4.78, 5) is 37.9. The molecule has 0 N–H and O–H groups in total. The molecule has 0 saturated carbocycles. The van der Waals surface area contributed by atoms with Crippen LogP contribution in [0.15, 0.2) is 30.3 Å². The van der Waals surface area contributed by atoms with Gasteiger partial charge in [0, 0.05) is 17.8 Å². The zero-order valence-electron chi connectivity index (χ0n) is 15.5. The highest BCUT2D eigenvalue weighted by Crippen LogP contribution is 2.40. The third-order valence-electron chi connectivity index (χ3n) is 5.12. The lowest BCUT2D eigenvalue weighted by Gasteiger charge is -2.39. The number of amides is 1. The second-order valence-corrected chi connectivity index (χ2v) is 7.94. The maximum atomic E-state index is 13.1. The van der Waals surface area contributed by atoms with E-state index in [0.29, 0.717) is 25.9 Å². The Kier molecular flexibility index (Phi) is 5.47. The molecule has 0 spiro atoms. The van der Waals surface area contributed by atoms with E-state index in [1.165, 1.54) is 0 Å². The number of hydrogen-bond acceptors (Lipinski definition) is 4. The number of carbonyl (C=O) groups is 3. The molecule has 0 aliphatic carbocycles. The number of benzene rings is 1. The molecule has 2 rings (SSSR count). The first kappa shape index (κ1) is 19.3. The van der Waals surface area contributed by atoms with Gasteiger partial charge in [0.1, 0.15) is 12.0 Å². The predicted molar refractivity (Wildman–Crippen MR) is 92.3 cm³/mol. The lowest BCUT2D eigenvalue weighted by molar-refractivity contribution is -0.858. The number of carbonyl (C=O) groups excluding carboxylic acids is 3. The minimum atomic E-state index is -1.25. The van der Waals surface area contributed by atoms with Crippen LogP contribution in [0, 0.1) is 5.41 Å². The quantitative estimate of drug-likeness (QED) is 0.601. The number of aliphatic carboxylic acids is 1. The van der Waals surface area contributed by atoms with Crippen molar-refractivity contribution in [1.29, 1.82) is 0 Å². The standard InChI is InChI=1S/C20H27NO4/c1-5-12-21(18(23)17(22)20(2,3)4)13-11-15(16(21)19(24)25)14-9-7-6-8-10-14/h6-10,15-16H,5,11-13H2,1-4H3/t15?,16-,21?/m0/s1. The molecule has 0 radical (unpaired) electrons. The summed E-state index contributed by atoms with van der Waals surface area (Å²) in [6, 6.07) is 8.31. The summed E-state index contributed by atoms with van der Waals surface area (Å²) in [5.74, 6) is -2.69. The molecule has 1 aliphatic heterocycles. The van der Waals surface area contributed by atoms with Crippen molar-refractivity contribution in [2.24, 2.45) is 5.41 Å². The summed E-state index contributed by atoms with van der Waals surface area (Å²) >= 11 is 0. The van der Waals surface area contributed by atoms with Gasteiger partial charge in [0.25, 0.3) is 5.78 Å². The molecule has 1 amide bonds. The first-order valence-corrected chi connectivity index (χ1v) is 8.87. The predicted octanol–water partition coefficient (Wildman–Crippen LogP) is 1.66. The Labute approximate surface area is 149 Å². The maximum absolute atomic E-state index is 13.1. The van der Waals surface area contributed by atoms with Gasteiger partial charge in [0.2, 0.25) is 0 Å². The molecule has 1 heterocycles. The van der Waals surface area contributed by atoms with Crippen LogP contribution in [0.3, 0.4) is 0 Å². The van der Waals surface area contributed by atoms with Crippen molar-refractivity contribution in [3.63, 3.8) is 0 Å². The molecule has 1 saturated heterocycles. The normalized spacial score (nSPS) is 26.4. The van der Waals surface area contributed by atoms with Crippen molar-refractivity contribution >= 4 is 17.7 Å². The van der Waals surface area contributed by atoms with Crippen molar-refractivity contribution in [3.8, 4) is 0 Å². The van der Waals surface area contributed by atoms with E-state index in [4.69, 9.17) is 0 Å². The molecule has 1 aromatic carbocycles. The molecule has 5 heteroatoms. The van der Waals surface area contributed by atoms with Gasteiger partial charge in [-0.1, -0.05) is 58.0 Å². The lowest BCUT2D eigenvalue weighted by Crippen LogP contribution is -2.65. The van der Waals surface area contributed by atoms with E-state index < -0.39 is 29.1 Å². The summed E-state index contributed by atoms with van der Waals surface area (Å²) in [6.07, 6.45) is 1.17. The highest BCUT2D eigenvalue weighted by atomic mass is 16.4. The summed E-state index contributed by atoms with van der Waals surface area (Å²) in [5.41, 5.74) is 0.0426.